The fraction of sp³-hybridized carbons (Fsp3) is 0.840. The molecule has 5 heteroatoms. The molecule has 1 amide bonds. The number of amides is 1. The number of esters is 1. The molecule has 5 nitrogen and oxygen atoms in total. The van der Waals surface area contributed by atoms with Gasteiger partial charge in [-0.3, -0.25) is 0 Å². The molecule has 1 N–H and O–H groups in total. The molecule has 0 fully saturated rings. The highest BCUT2D eigenvalue weighted by Crippen LogP contribution is 2.12. The van der Waals surface area contributed by atoms with Crippen LogP contribution in [0.5, 0.6) is 0 Å². The number of ether oxygens (including phenoxy) is 2. The predicted molar refractivity (Wildman–Crippen MR) is 125 cm³/mol. The third-order valence-corrected chi connectivity index (χ3v) is 5.20. The van der Waals surface area contributed by atoms with Crippen LogP contribution in [-0.4, -0.2) is 31.3 Å². The van der Waals surface area contributed by atoms with Crippen LogP contribution in [0.4, 0.5) is 4.79 Å². The average molecular weight is 426 g/mol. The fourth-order valence-electron chi connectivity index (χ4n) is 3.27. The lowest BCUT2D eigenvalue weighted by Crippen LogP contribution is -2.42. The summed E-state index contributed by atoms with van der Waals surface area (Å²) in [6.07, 6.45) is 19.8. The number of nitrogens with one attached hydrogen (secondary N) is 1. The minimum Gasteiger partial charge on any atom is -0.464 e. The van der Waals surface area contributed by atoms with Crippen molar-refractivity contribution in [2.45, 2.75) is 123 Å². The molecular formula is C25H47NO4. The monoisotopic (exact) mass is 425 g/mol. The molecule has 0 aromatic rings. The van der Waals surface area contributed by atoms with Crippen molar-refractivity contribution in [1.82, 2.24) is 5.32 Å². The van der Waals surface area contributed by atoms with Crippen molar-refractivity contribution in [3.8, 4) is 0 Å². The number of hydrogen-bond donors (Lipinski definition) is 1. The van der Waals surface area contributed by atoms with E-state index in [1.807, 2.05) is 6.92 Å². The SMILES string of the molecule is C=CCC(NC(=O)OCCCC)C(=O)OCCCCCCCCCCCCCCC. The van der Waals surface area contributed by atoms with Gasteiger partial charge in [0.15, 0.2) is 0 Å². The summed E-state index contributed by atoms with van der Waals surface area (Å²) in [6.45, 7) is 8.68. The van der Waals surface area contributed by atoms with E-state index in [0.717, 1.165) is 25.7 Å². The Morgan fingerprint density at radius 1 is 0.733 bits per heavy atom. The van der Waals surface area contributed by atoms with E-state index in [1.54, 1.807) is 6.08 Å². The van der Waals surface area contributed by atoms with Crippen molar-refractivity contribution in [3.63, 3.8) is 0 Å². The standard InChI is InChI=1S/C25H47NO4/c1-4-7-9-10-11-12-13-14-15-16-17-18-19-22-29-24(27)23(20-6-3)26-25(28)30-21-8-5-2/h6,23H,3-5,7-22H2,1-2H3,(H,26,28). The molecule has 0 radical (unpaired) electrons. The van der Waals surface area contributed by atoms with Crippen molar-refractivity contribution < 1.29 is 19.1 Å². The van der Waals surface area contributed by atoms with Crippen LogP contribution in [0.15, 0.2) is 12.7 Å². The van der Waals surface area contributed by atoms with Crippen molar-refractivity contribution in [2.75, 3.05) is 13.2 Å². The van der Waals surface area contributed by atoms with Crippen LogP contribution < -0.4 is 5.32 Å². The third kappa shape index (κ3) is 18.5. The van der Waals surface area contributed by atoms with Gasteiger partial charge in [-0.1, -0.05) is 103 Å². The largest absolute Gasteiger partial charge is 0.464 e. The Balaban J connectivity index is 3.64. The second kappa shape index (κ2) is 22.2. The Morgan fingerprint density at radius 3 is 1.70 bits per heavy atom. The van der Waals surface area contributed by atoms with Crippen LogP contribution in [0.2, 0.25) is 0 Å². The molecule has 0 saturated heterocycles. The highest BCUT2D eigenvalue weighted by molar-refractivity contribution is 5.81. The molecule has 0 bridgehead atoms. The van der Waals surface area contributed by atoms with Gasteiger partial charge in [-0.05, 0) is 19.3 Å². The van der Waals surface area contributed by atoms with E-state index >= 15 is 0 Å². The Labute approximate surface area is 185 Å². The highest BCUT2D eigenvalue weighted by atomic mass is 16.6. The number of rotatable bonds is 21. The summed E-state index contributed by atoms with van der Waals surface area (Å²) in [5.74, 6) is -0.415. The lowest BCUT2D eigenvalue weighted by Gasteiger charge is -2.16. The molecule has 0 aliphatic rings. The molecule has 0 aromatic heterocycles. The van der Waals surface area contributed by atoms with Gasteiger partial charge in [-0.15, -0.1) is 6.58 Å². The van der Waals surface area contributed by atoms with Gasteiger partial charge in [-0.25, -0.2) is 9.59 Å². The average Bonchev–Trinajstić information content (AvgIpc) is 2.73. The van der Waals surface area contributed by atoms with Crippen molar-refractivity contribution in [3.05, 3.63) is 12.7 Å². The topological polar surface area (TPSA) is 64.6 Å². The number of carbonyl (C=O) groups excluding carboxylic acids is 2. The van der Waals surface area contributed by atoms with Gasteiger partial charge in [0.05, 0.1) is 13.2 Å². The lowest BCUT2D eigenvalue weighted by molar-refractivity contribution is -0.146. The van der Waals surface area contributed by atoms with E-state index in [4.69, 9.17) is 9.47 Å². The molecule has 0 aliphatic heterocycles. The van der Waals surface area contributed by atoms with Gasteiger partial charge in [0, 0.05) is 0 Å². The van der Waals surface area contributed by atoms with Crippen molar-refractivity contribution >= 4 is 12.1 Å². The summed E-state index contributed by atoms with van der Waals surface area (Å²) in [4.78, 5) is 23.9. The first kappa shape index (κ1) is 28.5. The molecule has 176 valence electrons. The normalized spacial score (nSPS) is 11.7. The lowest BCUT2D eigenvalue weighted by atomic mass is 10.0. The minimum absolute atomic E-state index is 0.334. The summed E-state index contributed by atoms with van der Waals surface area (Å²) >= 11 is 0. The summed E-state index contributed by atoms with van der Waals surface area (Å²) in [5, 5.41) is 2.57. The molecule has 0 heterocycles. The van der Waals surface area contributed by atoms with Gasteiger partial charge in [0.1, 0.15) is 6.04 Å². The van der Waals surface area contributed by atoms with Gasteiger partial charge in [0.25, 0.3) is 0 Å². The van der Waals surface area contributed by atoms with Crippen LogP contribution in [0.3, 0.4) is 0 Å². The van der Waals surface area contributed by atoms with E-state index in [1.165, 1.54) is 70.6 Å². The smallest absolute Gasteiger partial charge is 0.407 e. The zero-order valence-corrected chi connectivity index (χ0v) is 19.7. The van der Waals surface area contributed by atoms with Crippen molar-refractivity contribution in [1.29, 1.82) is 0 Å². The Kier molecular flexibility index (Phi) is 21.0. The number of unbranched alkanes of at least 4 members (excludes halogenated alkanes) is 13. The van der Waals surface area contributed by atoms with Crippen LogP contribution >= 0.6 is 0 Å². The number of carbonyl (C=O) groups is 2. The Bertz CT molecular complexity index is 425. The van der Waals surface area contributed by atoms with Gasteiger partial charge in [-0.2, -0.15) is 0 Å². The van der Waals surface area contributed by atoms with E-state index in [9.17, 15) is 9.59 Å². The molecular weight excluding hydrogens is 378 g/mol. The first-order chi connectivity index (χ1) is 14.7. The molecule has 0 aromatic carbocycles. The maximum Gasteiger partial charge on any atom is 0.407 e. The molecule has 0 rings (SSSR count). The van der Waals surface area contributed by atoms with Gasteiger partial charge >= 0.3 is 12.1 Å². The molecule has 0 saturated carbocycles. The fourth-order valence-corrected chi connectivity index (χ4v) is 3.27. The van der Waals surface area contributed by atoms with Gasteiger partial charge in [0.2, 0.25) is 0 Å². The summed E-state index contributed by atoms with van der Waals surface area (Å²) in [7, 11) is 0. The zero-order valence-electron chi connectivity index (χ0n) is 19.7. The van der Waals surface area contributed by atoms with E-state index in [-0.39, 0.29) is 0 Å². The second-order valence-corrected chi connectivity index (χ2v) is 8.12. The predicted octanol–water partition coefficient (Wildman–Crippen LogP) is 7.09. The molecule has 0 spiro atoms. The number of alkyl carbamates (subject to hydrolysis) is 1. The molecule has 0 aliphatic carbocycles. The molecule has 30 heavy (non-hydrogen) atoms. The van der Waals surface area contributed by atoms with Crippen LogP contribution in [0.1, 0.15) is 117 Å². The molecule has 1 unspecified atom stereocenters. The van der Waals surface area contributed by atoms with Gasteiger partial charge < -0.3 is 14.8 Å². The first-order valence-corrected chi connectivity index (χ1v) is 12.4. The van der Waals surface area contributed by atoms with Crippen LogP contribution in [-0.2, 0) is 14.3 Å². The third-order valence-electron chi connectivity index (χ3n) is 5.20. The van der Waals surface area contributed by atoms with Crippen LogP contribution in [0, 0.1) is 0 Å². The highest BCUT2D eigenvalue weighted by Gasteiger charge is 2.21. The maximum atomic E-state index is 12.2. The molecule has 1 atom stereocenters. The maximum absolute atomic E-state index is 12.2. The van der Waals surface area contributed by atoms with E-state index < -0.39 is 18.1 Å². The van der Waals surface area contributed by atoms with Crippen molar-refractivity contribution in [2.24, 2.45) is 0 Å². The minimum atomic E-state index is -0.724. The first-order valence-electron chi connectivity index (χ1n) is 12.4. The zero-order chi connectivity index (χ0) is 22.3. The Hall–Kier alpha value is -1.52. The number of hydrogen-bond acceptors (Lipinski definition) is 4. The van der Waals surface area contributed by atoms with Crippen LogP contribution in [0.25, 0.3) is 0 Å². The van der Waals surface area contributed by atoms with E-state index in [2.05, 4.69) is 18.8 Å². The second-order valence-electron chi connectivity index (χ2n) is 8.12. The summed E-state index contributed by atoms with van der Waals surface area (Å²) in [6, 6.07) is -0.724. The summed E-state index contributed by atoms with van der Waals surface area (Å²) < 4.78 is 10.4. The summed E-state index contributed by atoms with van der Waals surface area (Å²) in [5.41, 5.74) is 0. The Morgan fingerprint density at radius 2 is 1.20 bits per heavy atom. The van der Waals surface area contributed by atoms with E-state index in [0.29, 0.717) is 19.6 Å². The quantitative estimate of drug-likeness (QED) is 0.121.